The van der Waals surface area contributed by atoms with Crippen molar-refractivity contribution in [2.75, 3.05) is 25.0 Å². The molecule has 0 bridgehead atoms. The quantitative estimate of drug-likeness (QED) is 0.847. The first-order valence-corrected chi connectivity index (χ1v) is 7.81. The van der Waals surface area contributed by atoms with E-state index in [2.05, 4.69) is 24.5 Å². The van der Waals surface area contributed by atoms with Crippen molar-refractivity contribution in [2.45, 2.75) is 33.6 Å². The van der Waals surface area contributed by atoms with Gasteiger partial charge in [-0.15, -0.1) is 0 Å². The molecule has 21 heavy (non-hydrogen) atoms. The van der Waals surface area contributed by atoms with Crippen molar-refractivity contribution in [3.8, 4) is 5.75 Å². The summed E-state index contributed by atoms with van der Waals surface area (Å²) < 4.78 is 5.83. The average Bonchev–Trinajstić information content (AvgIpc) is 2.96. The van der Waals surface area contributed by atoms with Crippen molar-refractivity contribution in [1.82, 2.24) is 5.32 Å². The molecule has 1 aliphatic heterocycles. The second-order valence-electron chi connectivity index (χ2n) is 6.19. The highest BCUT2D eigenvalue weighted by molar-refractivity contribution is 5.93. The van der Waals surface area contributed by atoms with Crippen LogP contribution in [-0.4, -0.2) is 25.6 Å². The molecular formula is C17H26N2O2. The van der Waals surface area contributed by atoms with E-state index in [1.807, 2.05) is 25.1 Å². The van der Waals surface area contributed by atoms with E-state index < -0.39 is 0 Å². The predicted molar refractivity (Wildman–Crippen MR) is 85.7 cm³/mol. The van der Waals surface area contributed by atoms with Gasteiger partial charge < -0.3 is 15.4 Å². The molecule has 1 heterocycles. The lowest BCUT2D eigenvalue weighted by Gasteiger charge is -2.14. The Morgan fingerprint density at radius 1 is 1.48 bits per heavy atom. The molecule has 1 fully saturated rings. The summed E-state index contributed by atoms with van der Waals surface area (Å²) in [4.78, 5) is 12.1. The molecule has 1 atom stereocenters. The van der Waals surface area contributed by atoms with Crippen molar-refractivity contribution in [1.29, 1.82) is 0 Å². The molecule has 2 N–H and O–H groups in total. The second kappa shape index (κ2) is 7.46. The van der Waals surface area contributed by atoms with E-state index in [0.29, 0.717) is 12.5 Å². The van der Waals surface area contributed by atoms with Gasteiger partial charge in [-0.3, -0.25) is 4.79 Å². The van der Waals surface area contributed by atoms with Crippen LogP contribution in [0.3, 0.4) is 0 Å². The van der Waals surface area contributed by atoms with Crippen LogP contribution in [0.1, 0.15) is 32.3 Å². The molecule has 1 amide bonds. The highest BCUT2D eigenvalue weighted by Gasteiger charge is 2.22. The van der Waals surface area contributed by atoms with Gasteiger partial charge in [0, 0.05) is 18.3 Å². The molecule has 1 saturated heterocycles. The summed E-state index contributed by atoms with van der Waals surface area (Å²) in [7, 11) is 0. The van der Waals surface area contributed by atoms with Crippen LogP contribution >= 0.6 is 0 Å². The Morgan fingerprint density at radius 3 is 2.95 bits per heavy atom. The second-order valence-corrected chi connectivity index (χ2v) is 6.19. The summed E-state index contributed by atoms with van der Waals surface area (Å²) in [5.74, 6) is 1.66. The van der Waals surface area contributed by atoms with Gasteiger partial charge in [-0.1, -0.05) is 19.9 Å². The van der Waals surface area contributed by atoms with Crippen molar-refractivity contribution in [2.24, 2.45) is 11.8 Å². The molecule has 1 aliphatic rings. The van der Waals surface area contributed by atoms with E-state index >= 15 is 0 Å². The molecule has 1 aromatic rings. The van der Waals surface area contributed by atoms with Crippen LogP contribution in [0.5, 0.6) is 5.75 Å². The summed E-state index contributed by atoms with van der Waals surface area (Å²) in [6.45, 7) is 8.80. The standard InChI is InChI=1S/C17H26N2O2/c1-12(2)7-9-21-16-10-15(5-4-13(16)3)19-17(20)14-6-8-18-11-14/h4-5,10,12,14,18H,6-9,11H2,1-3H3,(H,19,20). The molecule has 1 unspecified atom stereocenters. The molecule has 1 aromatic carbocycles. The third kappa shape index (κ3) is 4.74. The maximum absolute atomic E-state index is 12.1. The van der Waals surface area contributed by atoms with Crippen LogP contribution in [0.4, 0.5) is 5.69 Å². The van der Waals surface area contributed by atoms with Gasteiger partial charge >= 0.3 is 0 Å². The van der Waals surface area contributed by atoms with Gasteiger partial charge in [0.15, 0.2) is 0 Å². The Balaban J connectivity index is 1.95. The zero-order valence-corrected chi connectivity index (χ0v) is 13.2. The Kier molecular flexibility index (Phi) is 5.62. The first-order chi connectivity index (χ1) is 10.1. The van der Waals surface area contributed by atoms with Crippen molar-refractivity contribution in [3.63, 3.8) is 0 Å². The molecule has 116 valence electrons. The van der Waals surface area contributed by atoms with Gasteiger partial charge in [0.2, 0.25) is 5.91 Å². The minimum absolute atomic E-state index is 0.0802. The smallest absolute Gasteiger partial charge is 0.228 e. The number of amides is 1. The number of rotatable bonds is 6. The van der Waals surface area contributed by atoms with Gasteiger partial charge in [0.25, 0.3) is 0 Å². The Morgan fingerprint density at radius 2 is 2.29 bits per heavy atom. The summed E-state index contributed by atoms with van der Waals surface area (Å²) in [6.07, 6.45) is 1.94. The molecule has 2 rings (SSSR count). The van der Waals surface area contributed by atoms with Crippen LogP contribution in [0, 0.1) is 18.8 Å². The highest BCUT2D eigenvalue weighted by Crippen LogP contribution is 2.24. The lowest BCUT2D eigenvalue weighted by atomic mass is 10.1. The van der Waals surface area contributed by atoms with Crippen LogP contribution in [0.15, 0.2) is 18.2 Å². The SMILES string of the molecule is Cc1ccc(NC(=O)C2CCNC2)cc1OCCC(C)C. The van der Waals surface area contributed by atoms with Crippen LogP contribution in [-0.2, 0) is 4.79 Å². The summed E-state index contributed by atoms with van der Waals surface area (Å²) >= 11 is 0. The molecule has 0 saturated carbocycles. The average molecular weight is 290 g/mol. The molecule has 4 heteroatoms. The Hall–Kier alpha value is -1.55. The predicted octanol–water partition coefficient (Wildman–Crippen LogP) is 2.97. The number of carbonyl (C=O) groups is 1. The third-order valence-electron chi connectivity index (χ3n) is 3.84. The van der Waals surface area contributed by atoms with E-state index in [-0.39, 0.29) is 11.8 Å². The van der Waals surface area contributed by atoms with Crippen LogP contribution < -0.4 is 15.4 Å². The maximum Gasteiger partial charge on any atom is 0.228 e. The third-order valence-corrected chi connectivity index (χ3v) is 3.84. The molecule has 0 aliphatic carbocycles. The molecular weight excluding hydrogens is 264 g/mol. The fraction of sp³-hybridized carbons (Fsp3) is 0.588. The number of benzene rings is 1. The van der Waals surface area contributed by atoms with Gasteiger partial charge in [-0.05, 0) is 43.9 Å². The number of carbonyl (C=O) groups excluding carboxylic acids is 1. The lowest BCUT2D eigenvalue weighted by Crippen LogP contribution is -2.24. The van der Waals surface area contributed by atoms with E-state index in [4.69, 9.17) is 4.74 Å². The minimum atomic E-state index is 0.0802. The normalized spacial score (nSPS) is 18.0. The number of hydrogen-bond donors (Lipinski definition) is 2. The first kappa shape index (κ1) is 15.8. The summed E-state index contributed by atoms with van der Waals surface area (Å²) in [6, 6.07) is 5.86. The molecule has 0 radical (unpaired) electrons. The lowest BCUT2D eigenvalue weighted by molar-refractivity contribution is -0.119. The van der Waals surface area contributed by atoms with Crippen molar-refractivity contribution >= 4 is 11.6 Å². The van der Waals surface area contributed by atoms with E-state index in [1.54, 1.807) is 0 Å². The maximum atomic E-state index is 12.1. The number of anilines is 1. The zero-order chi connectivity index (χ0) is 15.2. The molecule has 0 aromatic heterocycles. The van der Waals surface area contributed by atoms with Gasteiger partial charge in [-0.25, -0.2) is 0 Å². The van der Waals surface area contributed by atoms with Crippen LogP contribution in [0.25, 0.3) is 0 Å². The fourth-order valence-electron chi connectivity index (χ4n) is 2.36. The molecule has 0 spiro atoms. The number of nitrogens with one attached hydrogen (secondary N) is 2. The monoisotopic (exact) mass is 290 g/mol. The van der Waals surface area contributed by atoms with Gasteiger partial charge in [-0.2, -0.15) is 0 Å². The van der Waals surface area contributed by atoms with Crippen molar-refractivity contribution < 1.29 is 9.53 Å². The van der Waals surface area contributed by atoms with Gasteiger partial charge in [0.1, 0.15) is 5.75 Å². The van der Waals surface area contributed by atoms with E-state index in [1.165, 1.54) is 0 Å². The van der Waals surface area contributed by atoms with Crippen LogP contribution in [0.2, 0.25) is 0 Å². The highest BCUT2D eigenvalue weighted by atomic mass is 16.5. The summed E-state index contributed by atoms with van der Waals surface area (Å²) in [5.41, 5.74) is 1.91. The Labute approximate surface area is 127 Å². The largest absolute Gasteiger partial charge is 0.493 e. The molecule has 4 nitrogen and oxygen atoms in total. The minimum Gasteiger partial charge on any atom is -0.493 e. The Bertz CT molecular complexity index is 480. The van der Waals surface area contributed by atoms with E-state index in [9.17, 15) is 4.79 Å². The fourth-order valence-corrected chi connectivity index (χ4v) is 2.36. The number of ether oxygens (including phenoxy) is 1. The van der Waals surface area contributed by atoms with Crippen molar-refractivity contribution in [3.05, 3.63) is 23.8 Å². The first-order valence-electron chi connectivity index (χ1n) is 7.81. The zero-order valence-electron chi connectivity index (χ0n) is 13.2. The topological polar surface area (TPSA) is 50.4 Å². The number of hydrogen-bond acceptors (Lipinski definition) is 3. The number of aryl methyl sites for hydroxylation is 1. The van der Waals surface area contributed by atoms with Gasteiger partial charge in [0.05, 0.1) is 12.5 Å². The van der Waals surface area contributed by atoms with E-state index in [0.717, 1.165) is 42.9 Å². The summed E-state index contributed by atoms with van der Waals surface area (Å²) in [5, 5.41) is 6.20.